The van der Waals surface area contributed by atoms with Crippen molar-refractivity contribution in [3.63, 3.8) is 0 Å². The number of rotatable bonds is 7. The zero-order chi connectivity index (χ0) is 12.6. The van der Waals surface area contributed by atoms with Gasteiger partial charge in [0, 0.05) is 18.9 Å². The first-order chi connectivity index (χ1) is 8.88. The molecule has 0 atom stereocenters. The molecule has 1 heterocycles. The minimum absolute atomic E-state index is 0.631. The van der Waals surface area contributed by atoms with Crippen molar-refractivity contribution < 1.29 is 4.74 Å². The summed E-state index contributed by atoms with van der Waals surface area (Å²) in [6.45, 7) is 5.36. The molecular weight excluding hydrogens is 226 g/mol. The summed E-state index contributed by atoms with van der Waals surface area (Å²) in [5.41, 5.74) is 1.24. The third kappa shape index (κ3) is 3.89. The summed E-state index contributed by atoms with van der Waals surface area (Å²) >= 11 is 0. The molecule has 0 bridgehead atoms. The maximum atomic E-state index is 5.71. The predicted octanol–water partition coefficient (Wildman–Crippen LogP) is 2.07. The van der Waals surface area contributed by atoms with Gasteiger partial charge in [-0.1, -0.05) is 19.1 Å². The number of nitrogens with zero attached hydrogens (tertiary/aromatic N) is 2. The van der Waals surface area contributed by atoms with Gasteiger partial charge in [0.15, 0.2) is 0 Å². The van der Waals surface area contributed by atoms with Crippen molar-refractivity contribution in [1.29, 1.82) is 0 Å². The number of benzene rings is 1. The molecule has 0 spiro atoms. The first kappa shape index (κ1) is 12.6. The van der Waals surface area contributed by atoms with Crippen LogP contribution in [0.5, 0.6) is 5.75 Å². The monoisotopic (exact) mass is 245 g/mol. The highest BCUT2D eigenvalue weighted by Gasteiger charge is 1.97. The van der Waals surface area contributed by atoms with E-state index in [1.54, 1.807) is 6.20 Å². The van der Waals surface area contributed by atoms with E-state index in [1.807, 2.05) is 29.1 Å². The Bertz CT molecular complexity index is 454. The Balaban J connectivity index is 1.81. The second kappa shape index (κ2) is 6.81. The minimum Gasteiger partial charge on any atom is -0.492 e. The van der Waals surface area contributed by atoms with Crippen LogP contribution in [0.2, 0.25) is 0 Å². The Morgan fingerprint density at radius 2 is 2.28 bits per heavy atom. The standard InChI is InChI=1S/C14H19N3O/c1-2-15-12-13-5-3-6-14(11-13)18-10-9-17-8-4-7-16-17/h3-8,11,15H,2,9-10,12H2,1H3. The maximum absolute atomic E-state index is 5.71. The van der Waals surface area contributed by atoms with Crippen molar-refractivity contribution in [1.82, 2.24) is 15.1 Å². The summed E-state index contributed by atoms with van der Waals surface area (Å²) in [4.78, 5) is 0. The molecule has 0 aliphatic heterocycles. The second-order valence-electron chi connectivity index (χ2n) is 4.05. The van der Waals surface area contributed by atoms with E-state index in [0.29, 0.717) is 6.61 Å². The Labute approximate surface area is 108 Å². The lowest BCUT2D eigenvalue weighted by molar-refractivity contribution is 0.291. The highest BCUT2D eigenvalue weighted by Crippen LogP contribution is 2.13. The molecule has 1 aromatic carbocycles. The molecule has 0 aliphatic carbocycles. The van der Waals surface area contributed by atoms with Gasteiger partial charge in [-0.2, -0.15) is 5.10 Å². The normalized spacial score (nSPS) is 10.5. The summed E-state index contributed by atoms with van der Waals surface area (Å²) in [7, 11) is 0. The molecule has 0 aliphatic rings. The second-order valence-corrected chi connectivity index (χ2v) is 4.05. The lowest BCUT2D eigenvalue weighted by Gasteiger charge is -2.08. The number of hydrogen-bond donors (Lipinski definition) is 1. The van der Waals surface area contributed by atoms with Gasteiger partial charge < -0.3 is 10.1 Å². The molecule has 0 fully saturated rings. The maximum Gasteiger partial charge on any atom is 0.119 e. The van der Waals surface area contributed by atoms with Gasteiger partial charge in [0.05, 0.1) is 6.54 Å². The van der Waals surface area contributed by atoms with Crippen LogP contribution in [0, 0.1) is 0 Å². The Morgan fingerprint density at radius 3 is 3.06 bits per heavy atom. The number of nitrogens with one attached hydrogen (secondary N) is 1. The van der Waals surface area contributed by atoms with Crippen LogP contribution in [0.25, 0.3) is 0 Å². The summed E-state index contributed by atoms with van der Waals surface area (Å²) in [5.74, 6) is 0.914. The zero-order valence-electron chi connectivity index (χ0n) is 10.7. The van der Waals surface area contributed by atoms with Crippen LogP contribution < -0.4 is 10.1 Å². The molecule has 0 saturated carbocycles. The topological polar surface area (TPSA) is 39.1 Å². The van der Waals surface area contributed by atoms with Crippen LogP contribution in [0.15, 0.2) is 42.7 Å². The van der Waals surface area contributed by atoms with E-state index in [-0.39, 0.29) is 0 Å². The molecule has 96 valence electrons. The molecule has 1 aromatic heterocycles. The molecule has 18 heavy (non-hydrogen) atoms. The molecule has 0 amide bonds. The van der Waals surface area contributed by atoms with Crippen molar-refractivity contribution in [2.24, 2.45) is 0 Å². The van der Waals surface area contributed by atoms with Gasteiger partial charge in [-0.05, 0) is 30.3 Å². The fourth-order valence-electron chi connectivity index (χ4n) is 1.70. The summed E-state index contributed by atoms with van der Waals surface area (Å²) < 4.78 is 7.57. The molecule has 0 unspecified atom stereocenters. The number of ether oxygens (including phenoxy) is 1. The lowest BCUT2D eigenvalue weighted by atomic mass is 10.2. The average Bonchev–Trinajstić information content (AvgIpc) is 2.90. The Morgan fingerprint density at radius 1 is 1.33 bits per heavy atom. The molecule has 1 N–H and O–H groups in total. The zero-order valence-corrected chi connectivity index (χ0v) is 10.7. The van der Waals surface area contributed by atoms with Crippen LogP contribution in [0.3, 0.4) is 0 Å². The highest BCUT2D eigenvalue weighted by atomic mass is 16.5. The molecule has 2 rings (SSSR count). The van der Waals surface area contributed by atoms with Crippen LogP contribution in [0.1, 0.15) is 12.5 Å². The van der Waals surface area contributed by atoms with Crippen LogP contribution >= 0.6 is 0 Å². The lowest BCUT2D eigenvalue weighted by Crippen LogP contribution is -2.12. The largest absolute Gasteiger partial charge is 0.492 e. The van der Waals surface area contributed by atoms with Gasteiger partial charge in [0.25, 0.3) is 0 Å². The highest BCUT2D eigenvalue weighted by molar-refractivity contribution is 5.28. The van der Waals surface area contributed by atoms with E-state index in [9.17, 15) is 0 Å². The molecule has 4 heteroatoms. The first-order valence-electron chi connectivity index (χ1n) is 6.28. The number of aromatic nitrogens is 2. The van der Waals surface area contributed by atoms with Gasteiger partial charge in [-0.3, -0.25) is 4.68 Å². The van der Waals surface area contributed by atoms with Crippen LogP contribution in [-0.4, -0.2) is 22.9 Å². The Hall–Kier alpha value is -1.81. The molecule has 4 nitrogen and oxygen atoms in total. The van der Waals surface area contributed by atoms with E-state index in [1.165, 1.54) is 5.56 Å². The molecule has 2 aromatic rings. The van der Waals surface area contributed by atoms with E-state index in [2.05, 4.69) is 29.5 Å². The van der Waals surface area contributed by atoms with Crippen molar-refractivity contribution in [2.45, 2.75) is 20.0 Å². The van der Waals surface area contributed by atoms with E-state index in [4.69, 9.17) is 4.74 Å². The van der Waals surface area contributed by atoms with Crippen LogP contribution in [-0.2, 0) is 13.1 Å². The van der Waals surface area contributed by atoms with E-state index >= 15 is 0 Å². The van der Waals surface area contributed by atoms with Gasteiger partial charge in [0.1, 0.15) is 12.4 Å². The van der Waals surface area contributed by atoms with Gasteiger partial charge in [-0.15, -0.1) is 0 Å². The van der Waals surface area contributed by atoms with E-state index < -0.39 is 0 Å². The smallest absolute Gasteiger partial charge is 0.119 e. The quantitative estimate of drug-likeness (QED) is 0.811. The third-order valence-corrected chi connectivity index (χ3v) is 2.63. The predicted molar refractivity (Wildman–Crippen MR) is 71.5 cm³/mol. The summed E-state index contributed by atoms with van der Waals surface area (Å²) in [5, 5.41) is 7.43. The third-order valence-electron chi connectivity index (χ3n) is 2.63. The fraction of sp³-hybridized carbons (Fsp3) is 0.357. The van der Waals surface area contributed by atoms with Crippen LogP contribution in [0.4, 0.5) is 0 Å². The SMILES string of the molecule is CCNCc1cccc(OCCn2cccn2)c1. The Kier molecular flexibility index (Phi) is 4.78. The van der Waals surface area contributed by atoms with Crippen molar-refractivity contribution >= 4 is 0 Å². The van der Waals surface area contributed by atoms with Crippen molar-refractivity contribution in [3.8, 4) is 5.75 Å². The summed E-state index contributed by atoms with van der Waals surface area (Å²) in [6, 6.07) is 10.1. The first-order valence-corrected chi connectivity index (χ1v) is 6.28. The van der Waals surface area contributed by atoms with Crippen molar-refractivity contribution in [3.05, 3.63) is 48.3 Å². The van der Waals surface area contributed by atoms with Gasteiger partial charge >= 0.3 is 0 Å². The fourth-order valence-corrected chi connectivity index (χ4v) is 1.70. The van der Waals surface area contributed by atoms with Gasteiger partial charge in [0.2, 0.25) is 0 Å². The molecule has 0 saturated heterocycles. The number of hydrogen-bond acceptors (Lipinski definition) is 3. The molecule has 0 radical (unpaired) electrons. The summed E-state index contributed by atoms with van der Waals surface area (Å²) in [6.07, 6.45) is 3.71. The minimum atomic E-state index is 0.631. The van der Waals surface area contributed by atoms with Crippen molar-refractivity contribution in [2.75, 3.05) is 13.2 Å². The van der Waals surface area contributed by atoms with Gasteiger partial charge in [-0.25, -0.2) is 0 Å². The van der Waals surface area contributed by atoms with E-state index in [0.717, 1.165) is 25.4 Å². The average molecular weight is 245 g/mol. The molecular formula is C14H19N3O.